The maximum atomic E-state index is 12.9. The van der Waals surface area contributed by atoms with Gasteiger partial charge in [0.15, 0.2) is 5.13 Å². The number of alkyl halides is 1. The number of nitrogens with two attached hydrogens (primary N) is 1. The van der Waals surface area contributed by atoms with Crippen molar-refractivity contribution in [3.63, 3.8) is 0 Å². The first kappa shape index (κ1) is 15.2. The highest BCUT2D eigenvalue weighted by Gasteiger charge is 2.22. The molecule has 1 heterocycles. The Labute approximate surface area is 125 Å². The van der Waals surface area contributed by atoms with Gasteiger partial charge in [-0.15, -0.1) is 0 Å². The van der Waals surface area contributed by atoms with Crippen LogP contribution in [0.3, 0.4) is 0 Å². The molecule has 0 aliphatic carbocycles. The van der Waals surface area contributed by atoms with E-state index < -0.39 is 18.8 Å². The summed E-state index contributed by atoms with van der Waals surface area (Å²) in [5, 5.41) is 3.93. The number of nitrogen functional groups attached to an aromatic ring is 1. The average molecular weight is 307 g/mol. The number of anilines is 1. The molecule has 0 spiro atoms. The molecule has 2 aromatic rings. The van der Waals surface area contributed by atoms with E-state index in [4.69, 9.17) is 16.0 Å². The van der Waals surface area contributed by atoms with Gasteiger partial charge in [-0.05, 0) is 16.7 Å². The lowest BCUT2D eigenvalue weighted by atomic mass is 10.0. The van der Waals surface area contributed by atoms with Crippen molar-refractivity contribution in [2.75, 3.05) is 19.5 Å². The molecule has 21 heavy (non-hydrogen) atoms. The van der Waals surface area contributed by atoms with E-state index in [-0.39, 0.29) is 0 Å². The Morgan fingerprint density at radius 3 is 2.67 bits per heavy atom. The highest BCUT2D eigenvalue weighted by Crippen LogP contribution is 2.30. The summed E-state index contributed by atoms with van der Waals surface area (Å²) in [5.41, 5.74) is 15.8. The molecular formula is C13H14FN5OS. The molecule has 0 bridgehead atoms. The van der Waals surface area contributed by atoms with Gasteiger partial charge in [0.05, 0.1) is 17.0 Å². The smallest absolute Gasteiger partial charge is 0.180 e. The first-order valence-electron chi connectivity index (χ1n) is 6.14. The van der Waals surface area contributed by atoms with Crippen molar-refractivity contribution in [1.82, 2.24) is 4.98 Å². The minimum absolute atomic E-state index is 0.504. The van der Waals surface area contributed by atoms with Crippen LogP contribution in [0.4, 0.5) is 9.52 Å². The van der Waals surface area contributed by atoms with E-state index in [1.807, 2.05) is 24.3 Å². The molecule has 2 N–H and O–H groups in total. The Bertz CT molecular complexity index is 638. The van der Waals surface area contributed by atoms with Gasteiger partial charge in [0.25, 0.3) is 0 Å². The van der Waals surface area contributed by atoms with Crippen LogP contribution in [0.5, 0.6) is 0 Å². The van der Waals surface area contributed by atoms with Gasteiger partial charge in [-0.25, -0.2) is 4.98 Å². The zero-order chi connectivity index (χ0) is 15.2. The van der Waals surface area contributed by atoms with Crippen LogP contribution in [0, 0.1) is 0 Å². The second-order valence-corrected chi connectivity index (χ2v) is 5.33. The number of halogens is 1. The summed E-state index contributed by atoms with van der Waals surface area (Å²) in [7, 11) is 1.46. The number of ether oxygens (including phenoxy) is 1. The lowest BCUT2D eigenvalue weighted by Gasteiger charge is -2.20. The molecule has 0 saturated heterocycles. The number of rotatable bonds is 6. The van der Waals surface area contributed by atoms with Crippen molar-refractivity contribution in [1.29, 1.82) is 0 Å². The topological polar surface area (TPSA) is 96.9 Å². The predicted molar refractivity (Wildman–Crippen MR) is 80.6 cm³/mol. The molecule has 1 aromatic carbocycles. The molecule has 2 atom stereocenters. The van der Waals surface area contributed by atoms with Crippen molar-refractivity contribution in [3.8, 4) is 10.4 Å². The Hall–Kier alpha value is -2.15. The van der Waals surface area contributed by atoms with E-state index in [2.05, 4.69) is 15.0 Å². The lowest BCUT2D eigenvalue weighted by Crippen LogP contribution is -2.20. The largest absolute Gasteiger partial charge is 0.376 e. The number of hydrogen-bond acceptors (Lipinski definition) is 5. The quantitative estimate of drug-likeness (QED) is 0.500. The molecule has 0 unspecified atom stereocenters. The van der Waals surface area contributed by atoms with E-state index in [1.165, 1.54) is 18.4 Å². The fourth-order valence-corrected chi connectivity index (χ4v) is 2.70. The summed E-state index contributed by atoms with van der Waals surface area (Å²) in [6.07, 6.45) is 1.08. The summed E-state index contributed by atoms with van der Waals surface area (Å²) < 4.78 is 18.2. The molecule has 0 saturated carbocycles. The predicted octanol–water partition coefficient (Wildman–Crippen LogP) is 3.73. The van der Waals surface area contributed by atoms with Crippen LogP contribution in [0.25, 0.3) is 20.9 Å². The minimum Gasteiger partial charge on any atom is -0.376 e. The van der Waals surface area contributed by atoms with E-state index in [0.29, 0.717) is 5.13 Å². The maximum Gasteiger partial charge on any atom is 0.180 e. The number of benzene rings is 1. The molecule has 2 rings (SSSR count). The number of thiazole rings is 1. The Morgan fingerprint density at radius 2 is 2.19 bits per heavy atom. The van der Waals surface area contributed by atoms with Crippen molar-refractivity contribution in [2.45, 2.75) is 12.1 Å². The third-order valence-corrected chi connectivity index (χ3v) is 3.88. The van der Waals surface area contributed by atoms with Crippen molar-refractivity contribution in [3.05, 3.63) is 46.5 Å². The number of aromatic nitrogens is 1. The second-order valence-electron chi connectivity index (χ2n) is 4.27. The maximum absolute atomic E-state index is 12.9. The first-order chi connectivity index (χ1) is 10.2. The van der Waals surface area contributed by atoms with Gasteiger partial charge in [0, 0.05) is 18.2 Å². The summed E-state index contributed by atoms with van der Waals surface area (Å²) in [6, 6.07) is 6.49. The van der Waals surface area contributed by atoms with Crippen LogP contribution < -0.4 is 5.73 Å². The summed E-state index contributed by atoms with van der Waals surface area (Å²) in [5.74, 6) is 0. The molecule has 0 aliphatic heterocycles. The van der Waals surface area contributed by atoms with Crippen molar-refractivity contribution in [2.24, 2.45) is 5.11 Å². The molecule has 0 aliphatic rings. The lowest BCUT2D eigenvalue weighted by molar-refractivity contribution is 0.0722. The van der Waals surface area contributed by atoms with Gasteiger partial charge < -0.3 is 10.5 Å². The van der Waals surface area contributed by atoms with Crippen LogP contribution >= 0.6 is 11.3 Å². The Balaban J connectivity index is 2.26. The summed E-state index contributed by atoms with van der Waals surface area (Å²) in [6.45, 7) is -0.782. The van der Waals surface area contributed by atoms with Gasteiger partial charge in [-0.2, -0.15) is 0 Å². The monoisotopic (exact) mass is 307 g/mol. The molecule has 8 heteroatoms. The highest BCUT2D eigenvalue weighted by atomic mass is 32.1. The van der Waals surface area contributed by atoms with Crippen LogP contribution in [0.1, 0.15) is 11.7 Å². The molecular weight excluding hydrogens is 293 g/mol. The van der Waals surface area contributed by atoms with Crippen LogP contribution in [-0.4, -0.2) is 24.8 Å². The molecule has 0 amide bonds. The van der Waals surface area contributed by atoms with E-state index in [0.717, 1.165) is 16.0 Å². The van der Waals surface area contributed by atoms with E-state index in [1.54, 1.807) is 6.20 Å². The van der Waals surface area contributed by atoms with Crippen molar-refractivity contribution < 1.29 is 9.13 Å². The third-order valence-electron chi connectivity index (χ3n) is 3.01. The number of azide groups is 1. The number of nitrogens with zero attached hydrogens (tertiary/aromatic N) is 4. The first-order valence-corrected chi connectivity index (χ1v) is 6.95. The fraction of sp³-hybridized carbons (Fsp3) is 0.308. The zero-order valence-electron chi connectivity index (χ0n) is 11.3. The Kier molecular flexibility index (Phi) is 5.10. The normalized spacial score (nSPS) is 13.4. The highest BCUT2D eigenvalue weighted by molar-refractivity contribution is 7.18. The van der Waals surface area contributed by atoms with Gasteiger partial charge >= 0.3 is 0 Å². The van der Waals surface area contributed by atoms with Crippen LogP contribution in [-0.2, 0) is 4.74 Å². The Morgan fingerprint density at radius 1 is 1.48 bits per heavy atom. The zero-order valence-corrected chi connectivity index (χ0v) is 12.1. The van der Waals surface area contributed by atoms with Gasteiger partial charge in [-0.3, -0.25) is 4.39 Å². The second kappa shape index (κ2) is 7.03. The van der Waals surface area contributed by atoms with E-state index in [9.17, 15) is 4.39 Å². The van der Waals surface area contributed by atoms with Crippen LogP contribution in [0.2, 0.25) is 0 Å². The standard InChI is InChI=1S/C13H14FN5OS/c1-20-12(10(6-14)18-19-16)9-4-2-8(3-5-9)11-7-17-13(15)21-11/h2-5,7,10,12H,6H2,1H3,(H2,15,17)/t10-,12-/m1/s1. The molecule has 6 nitrogen and oxygen atoms in total. The molecule has 0 fully saturated rings. The van der Waals surface area contributed by atoms with Crippen molar-refractivity contribution >= 4 is 16.5 Å². The van der Waals surface area contributed by atoms with Gasteiger partial charge in [0.1, 0.15) is 6.67 Å². The number of hydrogen-bond donors (Lipinski definition) is 1. The molecule has 0 radical (unpaired) electrons. The molecule has 1 aromatic heterocycles. The van der Waals surface area contributed by atoms with Gasteiger partial charge in [0.2, 0.25) is 0 Å². The van der Waals surface area contributed by atoms with Gasteiger partial charge in [-0.1, -0.05) is 40.7 Å². The summed E-state index contributed by atoms with van der Waals surface area (Å²) in [4.78, 5) is 7.60. The third kappa shape index (κ3) is 3.49. The van der Waals surface area contributed by atoms with Crippen LogP contribution in [0.15, 0.2) is 35.6 Å². The number of methoxy groups -OCH3 is 1. The molecule has 110 valence electrons. The average Bonchev–Trinajstić information content (AvgIpc) is 2.94. The fourth-order valence-electron chi connectivity index (χ4n) is 2.01. The SMILES string of the molecule is CO[C@H](c1ccc(-c2cnc(N)s2)cc1)[C@@H](CF)N=[N+]=[N-]. The minimum atomic E-state index is -0.884. The summed E-state index contributed by atoms with van der Waals surface area (Å²) >= 11 is 1.39. The van der Waals surface area contributed by atoms with E-state index >= 15 is 0 Å².